The van der Waals surface area contributed by atoms with Gasteiger partial charge in [-0.1, -0.05) is 190 Å². The summed E-state index contributed by atoms with van der Waals surface area (Å²) in [6, 6.07) is 93.9. The van der Waals surface area contributed by atoms with Gasteiger partial charge in [-0.3, -0.25) is 0 Å². The molecule has 0 saturated carbocycles. The molecule has 0 fully saturated rings. The number of nitrogens with zero attached hydrogens (tertiary/aromatic N) is 2. The lowest BCUT2D eigenvalue weighted by atomic mass is 9.64. The maximum atomic E-state index is 6.72. The van der Waals surface area contributed by atoms with E-state index in [1.807, 2.05) is 0 Å². The molecule has 2 aliphatic carbocycles. The van der Waals surface area contributed by atoms with Crippen LogP contribution in [0.2, 0.25) is 0 Å². The molecule has 73 heavy (non-hydrogen) atoms. The van der Waals surface area contributed by atoms with E-state index in [0.717, 1.165) is 50.3 Å². The van der Waals surface area contributed by atoms with Crippen molar-refractivity contribution in [2.45, 2.75) is 24.7 Å². The fourth-order valence-corrected chi connectivity index (χ4v) is 13.0. The molecular weight excluding hydrogens is 885 g/mol. The summed E-state index contributed by atoms with van der Waals surface area (Å²) in [5, 5.41) is 2.17. The third kappa shape index (κ3) is 5.94. The third-order valence-corrected chi connectivity index (χ3v) is 16.3. The normalized spacial score (nSPS) is 14.1. The maximum absolute atomic E-state index is 6.72. The quantitative estimate of drug-likeness (QED) is 0.166. The van der Waals surface area contributed by atoms with Gasteiger partial charge in [-0.25, -0.2) is 0 Å². The SMILES string of the molecule is CC1(C)c2ccccc2-c2ccc(N(c3ccc(-c4ccccc4)cc3)c3ccc4oc5ccc(-c6cccc7c6-c6ccccc6C76c7ccccc7N(c7ccccc7)c7ccccc76)cc5c4c3)cc21. The predicted octanol–water partition coefficient (Wildman–Crippen LogP) is 18.8. The number of para-hydroxylation sites is 3. The smallest absolute Gasteiger partial charge is 0.135 e. The molecule has 1 spiro atoms. The van der Waals surface area contributed by atoms with Crippen LogP contribution in [0.1, 0.15) is 47.2 Å². The molecule has 2 heterocycles. The maximum Gasteiger partial charge on any atom is 0.135 e. The van der Waals surface area contributed by atoms with Crippen LogP contribution in [0.5, 0.6) is 0 Å². The molecule has 0 bridgehead atoms. The highest BCUT2D eigenvalue weighted by Gasteiger charge is 2.52. The minimum absolute atomic E-state index is 0.143. The highest BCUT2D eigenvalue weighted by atomic mass is 16.3. The van der Waals surface area contributed by atoms with Crippen molar-refractivity contribution in [2.75, 3.05) is 9.80 Å². The largest absolute Gasteiger partial charge is 0.456 e. The van der Waals surface area contributed by atoms with Gasteiger partial charge in [0, 0.05) is 38.9 Å². The molecule has 344 valence electrons. The minimum Gasteiger partial charge on any atom is -0.456 e. The Morgan fingerprint density at radius 3 is 1.59 bits per heavy atom. The molecule has 3 heteroatoms. The molecule has 3 aliphatic rings. The average Bonchev–Trinajstić information content (AvgIpc) is 4.05. The molecule has 1 aromatic heterocycles. The molecule has 0 radical (unpaired) electrons. The van der Waals surface area contributed by atoms with Crippen molar-refractivity contribution in [3.63, 3.8) is 0 Å². The highest BCUT2D eigenvalue weighted by molar-refractivity contribution is 6.09. The number of hydrogen-bond donors (Lipinski definition) is 0. The van der Waals surface area contributed by atoms with Gasteiger partial charge in [-0.2, -0.15) is 0 Å². The lowest BCUT2D eigenvalue weighted by Crippen LogP contribution is -2.36. The van der Waals surface area contributed by atoms with Gasteiger partial charge in [0.05, 0.1) is 16.8 Å². The van der Waals surface area contributed by atoms with E-state index in [0.29, 0.717) is 0 Å². The Hall–Kier alpha value is -9.18. The molecule has 0 N–H and O–H groups in total. The number of benzene rings is 11. The first kappa shape index (κ1) is 41.6. The van der Waals surface area contributed by atoms with Gasteiger partial charge in [0.2, 0.25) is 0 Å². The second-order valence-electron chi connectivity index (χ2n) is 20.4. The molecule has 15 rings (SSSR count). The second-order valence-corrected chi connectivity index (χ2v) is 20.4. The van der Waals surface area contributed by atoms with Crippen LogP contribution in [0.15, 0.2) is 259 Å². The lowest BCUT2D eigenvalue weighted by molar-refractivity contribution is 0.660. The Balaban J connectivity index is 0.902. The van der Waals surface area contributed by atoms with Crippen LogP contribution in [-0.2, 0) is 10.8 Å². The van der Waals surface area contributed by atoms with Crippen molar-refractivity contribution in [2.24, 2.45) is 0 Å². The number of anilines is 6. The van der Waals surface area contributed by atoms with Crippen LogP contribution < -0.4 is 9.80 Å². The van der Waals surface area contributed by atoms with Gasteiger partial charge in [-0.15, -0.1) is 0 Å². The first-order valence-electron chi connectivity index (χ1n) is 25.4. The van der Waals surface area contributed by atoms with Crippen LogP contribution in [0.25, 0.3) is 66.4 Å². The summed E-state index contributed by atoms with van der Waals surface area (Å²) < 4.78 is 6.72. The summed E-state index contributed by atoms with van der Waals surface area (Å²) in [5.74, 6) is 0. The monoisotopic (exact) mass is 932 g/mol. The Labute approximate surface area is 425 Å². The van der Waals surface area contributed by atoms with Crippen molar-refractivity contribution in [3.05, 3.63) is 288 Å². The number of fused-ring (bicyclic) bond motifs is 15. The Morgan fingerprint density at radius 2 is 0.849 bits per heavy atom. The van der Waals surface area contributed by atoms with Crippen molar-refractivity contribution >= 4 is 56.1 Å². The fraction of sp³-hybridized carbons (Fsp3) is 0.0571. The standard InChI is InChI=1S/C70H48N2O/c1-69(2)58-25-11-9-22-53(58)54-39-37-51(44-63(54)69)71(49-35-32-46(33-36-49)45-18-5-3-6-19-45)50-38-41-67-57(43-50)56-42-47(34-40-66(56)73-67)52-24-17-29-62-68(52)55-23-10-12-26-59(55)70(62)60-27-13-15-30-64(60)72(48-20-7-4-8-21-48)65-31-16-14-28-61(65)70/h3-44H,1-2H3. The van der Waals surface area contributed by atoms with Crippen LogP contribution >= 0.6 is 0 Å². The zero-order chi connectivity index (χ0) is 48.4. The number of rotatable bonds is 6. The van der Waals surface area contributed by atoms with Gasteiger partial charge in [0.1, 0.15) is 11.2 Å². The molecule has 11 aromatic carbocycles. The van der Waals surface area contributed by atoms with Gasteiger partial charge in [0.15, 0.2) is 0 Å². The third-order valence-electron chi connectivity index (χ3n) is 16.3. The van der Waals surface area contributed by atoms with Crippen LogP contribution in [-0.4, -0.2) is 0 Å². The van der Waals surface area contributed by atoms with E-state index >= 15 is 0 Å². The summed E-state index contributed by atoms with van der Waals surface area (Å²) in [6.07, 6.45) is 0. The van der Waals surface area contributed by atoms with E-state index in [9.17, 15) is 0 Å². The molecule has 0 unspecified atom stereocenters. The minimum atomic E-state index is -0.542. The summed E-state index contributed by atoms with van der Waals surface area (Å²) >= 11 is 0. The zero-order valence-electron chi connectivity index (χ0n) is 40.6. The molecule has 0 saturated heterocycles. The van der Waals surface area contributed by atoms with E-state index in [-0.39, 0.29) is 5.41 Å². The van der Waals surface area contributed by atoms with E-state index in [2.05, 4.69) is 278 Å². The first-order chi connectivity index (χ1) is 36.0. The average molecular weight is 933 g/mol. The summed E-state index contributed by atoms with van der Waals surface area (Å²) in [4.78, 5) is 4.85. The molecule has 0 atom stereocenters. The Kier molecular flexibility index (Phi) is 8.92. The van der Waals surface area contributed by atoms with Crippen molar-refractivity contribution in [1.29, 1.82) is 0 Å². The number of hydrogen-bond acceptors (Lipinski definition) is 3. The Bertz CT molecular complexity index is 4140. The highest BCUT2D eigenvalue weighted by Crippen LogP contribution is 2.64. The van der Waals surface area contributed by atoms with Crippen molar-refractivity contribution in [3.8, 4) is 44.5 Å². The summed E-state index contributed by atoms with van der Waals surface area (Å²) in [6.45, 7) is 4.71. The van der Waals surface area contributed by atoms with Crippen molar-refractivity contribution < 1.29 is 4.42 Å². The van der Waals surface area contributed by atoms with Crippen LogP contribution in [0, 0.1) is 0 Å². The molecule has 3 nitrogen and oxygen atoms in total. The summed E-state index contributed by atoms with van der Waals surface area (Å²) in [7, 11) is 0. The zero-order valence-corrected chi connectivity index (χ0v) is 40.6. The number of furan rings is 1. The van der Waals surface area contributed by atoms with Crippen LogP contribution in [0.3, 0.4) is 0 Å². The van der Waals surface area contributed by atoms with E-state index in [1.165, 1.54) is 83.7 Å². The van der Waals surface area contributed by atoms with Gasteiger partial charge < -0.3 is 14.2 Å². The van der Waals surface area contributed by atoms with Crippen LogP contribution in [0.4, 0.5) is 34.1 Å². The molecule has 12 aromatic rings. The topological polar surface area (TPSA) is 19.6 Å². The van der Waals surface area contributed by atoms with E-state index < -0.39 is 5.41 Å². The lowest BCUT2D eigenvalue weighted by Gasteiger charge is -2.45. The Morgan fingerprint density at radius 1 is 0.342 bits per heavy atom. The van der Waals surface area contributed by atoms with Gasteiger partial charge in [0.25, 0.3) is 0 Å². The van der Waals surface area contributed by atoms with Gasteiger partial charge in [-0.05, 0) is 157 Å². The second kappa shape index (κ2) is 15.7. The van der Waals surface area contributed by atoms with Crippen molar-refractivity contribution in [1.82, 2.24) is 0 Å². The fourth-order valence-electron chi connectivity index (χ4n) is 13.0. The summed E-state index contributed by atoms with van der Waals surface area (Å²) in [5.41, 5.74) is 25.6. The van der Waals surface area contributed by atoms with E-state index in [4.69, 9.17) is 4.42 Å². The first-order valence-corrected chi connectivity index (χ1v) is 25.4. The molecular formula is C70H48N2O. The van der Waals surface area contributed by atoms with Gasteiger partial charge >= 0.3 is 0 Å². The molecule has 0 amide bonds. The predicted molar refractivity (Wildman–Crippen MR) is 302 cm³/mol. The molecule has 1 aliphatic heterocycles. The van der Waals surface area contributed by atoms with E-state index in [1.54, 1.807) is 0 Å².